The van der Waals surface area contributed by atoms with Crippen molar-refractivity contribution in [2.45, 2.75) is 44.6 Å². The molecule has 106 valence electrons. The zero-order valence-electron chi connectivity index (χ0n) is 11.3. The number of aliphatic carboxylic acids is 1. The first-order valence-electron chi connectivity index (χ1n) is 6.10. The van der Waals surface area contributed by atoms with E-state index in [0.29, 0.717) is 12.0 Å². The number of nitrogens with one attached hydrogen (secondary N) is 1. The van der Waals surface area contributed by atoms with Crippen molar-refractivity contribution in [2.75, 3.05) is 0 Å². The van der Waals surface area contributed by atoms with Gasteiger partial charge in [-0.2, -0.15) is 4.72 Å². The molecule has 5 nitrogen and oxygen atoms in total. The number of carboxylic acids is 1. The molecule has 0 aromatic heterocycles. The number of sulfonamides is 1. The zero-order valence-corrected chi connectivity index (χ0v) is 12.1. The number of carbonyl (C=O) groups is 1. The summed E-state index contributed by atoms with van der Waals surface area (Å²) in [6, 6.07) is 3.98. The van der Waals surface area contributed by atoms with Crippen LogP contribution in [0.3, 0.4) is 0 Å². The Hall–Kier alpha value is -1.40. The van der Waals surface area contributed by atoms with Gasteiger partial charge in [-0.05, 0) is 37.5 Å². The van der Waals surface area contributed by atoms with Gasteiger partial charge in [-0.1, -0.05) is 25.5 Å². The molecule has 0 aliphatic carbocycles. The Morgan fingerprint density at radius 2 is 2.00 bits per heavy atom. The van der Waals surface area contributed by atoms with Crippen molar-refractivity contribution in [1.29, 1.82) is 0 Å². The summed E-state index contributed by atoms with van der Waals surface area (Å²) < 4.78 is 26.7. The Morgan fingerprint density at radius 3 is 2.53 bits per heavy atom. The van der Waals surface area contributed by atoms with Gasteiger partial charge in [-0.25, -0.2) is 8.42 Å². The molecule has 19 heavy (non-hydrogen) atoms. The summed E-state index contributed by atoms with van der Waals surface area (Å²) >= 11 is 0. The van der Waals surface area contributed by atoms with Crippen molar-refractivity contribution in [3.63, 3.8) is 0 Å². The molecule has 6 heteroatoms. The van der Waals surface area contributed by atoms with E-state index in [1.165, 1.54) is 0 Å². The molecule has 0 radical (unpaired) electrons. The molecule has 0 unspecified atom stereocenters. The molecule has 0 bridgehead atoms. The molecule has 1 aromatic carbocycles. The molecular formula is C13H19NO4S. The normalized spacial score (nSPS) is 13.2. The van der Waals surface area contributed by atoms with Crippen LogP contribution >= 0.6 is 0 Å². The van der Waals surface area contributed by atoms with Crippen molar-refractivity contribution < 1.29 is 18.3 Å². The number of aryl methyl sites for hydroxylation is 2. The van der Waals surface area contributed by atoms with Crippen LogP contribution in [-0.4, -0.2) is 25.5 Å². The lowest BCUT2D eigenvalue weighted by Gasteiger charge is -2.15. The van der Waals surface area contributed by atoms with Crippen LogP contribution in [0.15, 0.2) is 23.1 Å². The van der Waals surface area contributed by atoms with E-state index in [2.05, 4.69) is 4.72 Å². The summed E-state index contributed by atoms with van der Waals surface area (Å²) in [5.41, 5.74) is 1.41. The fourth-order valence-corrected chi connectivity index (χ4v) is 3.32. The standard InChI is InChI=1S/C13H19NO4S/c1-4-5-11(13(15)16)14-19(17,18)12-8-9(2)6-7-10(12)3/h6-8,11,14H,4-5H2,1-3H3,(H,15,16)/t11-/m1/s1. The minimum atomic E-state index is -3.81. The summed E-state index contributed by atoms with van der Waals surface area (Å²) in [5.74, 6) is -1.16. The highest BCUT2D eigenvalue weighted by molar-refractivity contribution is 7.89. The van der Waals surface area contributed by atoms with Crippen molar-refractivity contribution >= 4 is 16.0 Å². The molecule has 1 rings (SSSR count). The van der Waals surface area contributed by atoms with Crippen molar-refractivity contribution in [2.24, 2.45) is 0 Å². The molecule has 1 aromatic rings. The zero-order chi connectivity index (χ0) is 14.6. The maximum Gasteiger partial charge on any atom is 0.321 e. The van der Waals surface area contributed by atoms with E-state index in [4.69, 9.17) is 5.11 Å². The van der Waals surface area contributed by atoms with Gasteiger partial charge in [-0.3, -0.25) is 4.79 Å². The van der Waals surface area contributed by atoms with E-state index in [1.807, 2.05) is 13.0 Å². The van der Waals surface area contributed by atoms with Crippen LogP contribution in [0, 0.1) is 13.8 Å². The highest BCUT2D eigenvalue weighted by atomic mass is 32.2. The van der Waals surface area contributed by atoms with E-state index >= 15 is 0 Å². The quantitative estimate of drug-likeness (QED) is 0.835. The van der Waals surface area contributed by atoms with Crippen LogP contribution in [-0.2, 0) is 14.8 Å². The monoisotopic (exact) mass is 285 g/mol. The van der Waals surface area contributed by atoms with Gasteiger partial charge in [0.1, 0.15) is 6.04 Å². The lowest BCUT2D eigenvalue weighted by atomic mass is 10.2. The molecule has 0 spiro atoms. The Kier molecular flexibility index (Phi) is 5.08. The fraction of sp³-hybridized carbons (Fsp3) is 0.462. The van der Waals surface area contributed by atoms with Crippen molar-refractivity contribution in [3.8, 4) is 0 Å². The third-order valence-electron chi connectivity index (χ3n) is 2.81. The maximum absolute atomic E-state index is 12.2. The van der Waals surface area contributed by atoms with Gasteiger partial charge in [0.05, 0.1) is 4.90 Å². The predicted octanol–water partition coefficient (Wildman–Crippen LogP) is 1.84. The van der Waals surface area contributed by atoms with Crippen LogP contribution < -0.4 is 4.72 Å². The molecule has 0 aliphatic heterocycles. The Bertz CT molecular complexity index is 566. The molecule has 0 saturated carbocycles. The Balaban J connectivity index is 3.10. The second-order valence-electron chi connectivity index (χ2n) is 4.57. The third-order valence-corrected chi connectivity index (χ3v) is 4.42. The number of hydrogen-bond donors (Lipinski definition) is 2. The number of benzene rings is 1. The van der Waals surface area contributed by atoms with Gasteiger partial charge < -0.3 is 5.11 Å². The number of hydrogen-bond acceptors (Lipinski definition) is 3. The number of carboxylic acid groups (broad SMARTS) is 1. The molecule has 0 fully saturated rings. The van der Waals surface area contributed by atoms with Gasteiger partial charge in [-0.15, -0.1) is 0 Å². The first-order chi connectivity index (χ1) is 8.77. The molecule has 0 heterocycles. The number of rotatable bonds is 6. The maximum atomic E-state index is 12.2. The largest absolute Gasteiger partial charge is 0.480 e. The minimum Gasteiger partial charge on any atom is -0.480 e. The summed E-state index contributed by atoms with van der Waals surface area (Å²) in [4.78, 5) is 11.2. The van der Waals surface area contributed by atoms with Crippen molar-refractivity contribution in [3.05, 3.63) is 29.3 Å². The van der Waals surface area contributed by atoms with Gasteiger partial charge in [0.2, 0.25) is 10.0 Å². The lowest BCUT2D eigenvalue weighted by Crippen LogP contribution is -2.40. The Morgan fingerprint density at radius 1 is 1.37 bits per heavy atom. The van der Waals surface area contributed by atoms with E-state index in [1.54, 1.807) is 26.0 Å². The molecular weight excluding hydrogens is 266 g/mol. The SMILES string of the molecule is CCC[C@@H](NS(=O)(=O)c1cc(C)ccc1C)C(=O)O. The van der Waals surface area contributed by atoms with E-state index in [9.17, 15) is 13.2 Å². The van der Waals surface area contributed by atoms with E-state index < -0.39 is 22.0 Å². The molecule has 0 saturated heterocycles. The lowest BCUT2D eigenvalue weighted by molar-refractivity contribution is -0.139. The first kappa shape index (κ1) is 15.7. The molecule has 2 N–H and O–H groups in total. The van der Waals surface area contributed by atoms with Crippen molar-refractivity contribution in [1.82, 2.24) is 4.72 Å². The smallest absolute Gasteiger partial charge is 0.321 e. The Labute approximate surface area is 113 Å². The van der Waals surface area contributed by atoms with Gasteiger partial charge in [0, 0.05) is 0 Å². The topological polar surface area (TPSA) is 83.5 Å². The van der Waals surface area contributed by atoms with E-state index in [0.717, 1.165) is 5.56 Å². The summed E-state index contributed by atoms with van der Waals surface area (Å²) in [5, 5.41) is 9.01. The van der Waals surface area contributed by atoms with Gasteiger partial charge >= 0.3 is 5.97 Å². The predicted molar refractivity (Wildman–Crippen MR) is 72.6 cm³/mol. The summed E-state index contributed by atoms with van der Waals surface area (Å²) in [6.45, 7) is 5.28. The summed E-state index contributed by atoms with van der Waals surface area (Å²) in [7, 11) is -3.81. The molecule has 0 amide bonds. The average Bonchev–Trinajstić information content (AvgIpc) is 2.31. The second kappa shape index (κ2) is 6.16. The van der Waals surface area contributed by atoms with Crippen LogP contribution in [0.4, 0.5) is 0 Å². The molecule has 0 aliphatic rings. The van der Waals surface area contributed by atoms with Crippen LogP contribution in [0.5, 0.6) is 0 Å². The highest BCUT2D eigenvalue weighted by Crippen LogP contribution is 2.17. The third kappa shape index (κ3) is 4.04. The molecule has 1 atom stereocenters. The highest BCUT2D eigenvalue weighted by Gasteiger charge is 2.25. The van der Waals surface area contributed by atoms with E-state index in [-0.39, 0.29) is 11.3 Å². The first-order valence-corrected chi connectivity index (χ1v) is 7.58. The average molecular weight is 285 g/mol. The van der Waals surface area contributed by atoms with Crippen LogP contribution in [0.25, 0.3) is 0 Å². The second-order valence-corrected chi connectivity index (χ2v) is 6.25. The van der Waals surface area contributed by atoms with Gasteiger partial charge in [0.15, 0.2) is 0 Å². The van der Waals surface area contributed by atoms with Gasteiger partial charge in [0.25, 0.3) is 0 Å². The summed E-state index contributed by atoms with van der Waals surface area (Å²) in [6.07, 6.45) is 0.853. The van der Waals surface area contributed by atoms with Crippen LogP contribution in [0.1, 0.15) is 30.9 Å². The van der Waals surface area contributed by atoms with Crippen LogP contribution in [0.2, 0.25) is 0 Å². The fourth-order valence-electron chi connectivity index (χ4n) is 1.77. The minimum absolute atomic E-state index is 0.134.